The maximum atomic E-state index is 12.2. The van der Waals surface area contributed by atoms with Crippen molar-refractivity contribution in [1.82, 2.24) is 15.1 Å². The van der Waals surface area contributed by atoms with Crippen LogP contribution in [-0.2, 0) is 19.2 Å². The second-order valence-electron chi connectivity index (χ2n) is 8.87. The summed E-state index contributed by atoms with van der Waals surface area (Å²) in [6.45, 7) is 0. The van der Waals surface area contributed by atoms with E-state index in [9.17, 15) is 38.4 Å². The van der Waals surface area contributed by atoms with E-state index in [1.807, 2.05) is 0 Å². The minimum atomic E-state index is -1.25. The van der Waals surface area contributed by atoms with Gasteiger partial charge in [-0.2, -0.15) is 0 Å². The quantitative estimate of drug-likeness (QED) is 0.429. The second-order valence-corrected chi connectivity index (χ2v) is 8.87. The van der Waals surface area contributed by atoms with E-state index in [0.29, 0.717) is 11.1 Å². The predicted octanol–water partition coefficient (Wildman–Crippen LogP) is 0.0891. The van der Waals surface area contributed by atoms with Gasteiger partial charge in [-0.15, -0.1) is 0 Å². The number of nitrogens with zero attached hydrogens (tertiary/aromatic N) is 2. The van der Waals surface area contributed by atoms with E-state index in [-0.39, 0.29) is 42.7 Å². The summed E-state index contributed by atoms with van der Waals surface area (Å²) in [4.78, 5) is 95.2. The maximum absolute atomic E-state index is 12.2. The van der Waals surface area contributed by atoms with Gasteiger partial charge in [-0.25, -0.2) is 0 Å². The first-order chi connectivity index (χ1) is 18.5. The fourth-order valence-electron chi connectivity index (χ4n) is 4.57. The van der Waals surface area contributed by atoms with Crippen molar-refractivity contribution in [3.63, 3.8) is 0 Å². The van der Waals surface area contributed by atoms with Crippen LogP contribution in [-0.4, -0.2) is 74.3 Å². The molecule has 3 aliphatic heterocycles. The molecule has 0 spiro atoms. The van der Waals surface area contributed by atoms with Crippen molar-refractivity contribution in [2.24, 2.45) is 5.73 Å². The smallest absolute Gasteiger partial charge is 0.303 e. The van der Waals surface area contributed by atoms with Crippen LogP contribution in [0.5, 0.6) is 0 Å². The zero-order chi connectivity index (χ0) is 28.4. The molecule has 2 aromatic carbocycles. The molecule has 0 aromatic heterocycles. The highest BCUT2D eigenvalue weighted by molar-refractivity contribution is 6.24. The van der Waals surface area contributed by atoms with Crippen LogP contribution in [0.15, 0.2) is 48.5 Å². The molecule has 200 valence electrons. The number of hydrogen-bond acceptors (Lipinski definition) is 8. The molecule has 13 heteroatoms. The highest BCUT2D eigenvalue weighted by atomic mass is 16.4. The van der Waals surface area contributed by atoms with E-state index in [0.717, 1.165) is 9.80 Å². The lowest BCUT2D eigenvalue weighted by Gasteiger charge is -2.27. The molecule has 13 nitrogen and oxygen atoms in total. The summed E-state index contributed by atoms with van der Waals surface area (Å²) in [5.41, 5.74) is 6.18. The van der Waals surface area contributed by atoms with Crippen molar-refractivity contribution in [3.8, 4) is 0 Å². The number of nitrogens with one attached hydrogen (secondary N) is 1. The lowest BCUT2D eigenvalue weighted by Crippen LogP contribution is -2.54. The number of primary amides is 1. The van der Waals surface area contributed by atoms with Crippen LogP contribution in [0.4, 0.5) is 0 Å². The Morgan fingerprint density at radius 2 is 1.31 bits per heavy atom. The van der Waals surface area contributed by atoms with Crippen molar-refractivity contribution in [1.29, 1.82) is 0 Å². The van der Waals surface area contributed by atoms with E-state index < -0.39 is 53.5 Å². The van der Waals surface area contributed by atoms with Gasteiger partial charge in [0.2, 0.25) is 17.7 Å². The van der Waals surface area contributed by atoms with Gasteiger partial charge in [0, 0.05) is 12.8 Å². The lowest BCUT2D eigenvalue weighted by atomic mass is 10.0. The standard InChI is InChI=1S/C13H12N2O5.C13H10N2O4/c14-11(18)9(5-6-10(16)17)15-12(19)7-3-1-2-4-8(7)13(15)20;16-10-6-5-9(11(17)14-10)15-12(18)7-3-1-2-4-8(7)13(15)19/h1-4,9H,5-6H2,(H2,14,18)(H,16,17);1-4,9H,5-6H2,(H,14,16,17)/t9-;/m0./s1. The van der Waals surface area contributed by atoms with Crippen molar-refractivity contribution in [3.05, 3.63) is 70.8 Å². The Balaban J connectivity index is 0.000000181. The average Bonchev–Trinajstić information content (AvgIpc) is 3.30. The summed E-state index contributed by atoms with van der Waals surface area (Å²) in [5, 5.41) is 10.8. The normalized spacial score (nSPS) is 18.7. The van der Waals surface area contributed by atoms with E-state index in [1.165, 1.54) is 12.1 Å². The van der Waals surface area contributed by atoms with Crippen LogP contribution in [0.1, 0.15) is 67.1 Å². The highest BCUT2D eigenvalue weighted by Crippen LogP contribution is 2.27. The van der Waals surface area contributed by atoms with Crippen LogP contribution in [0, 0.1) is 0 Å². The summed E-state index contributed by atoms with van der Waals surface area (Å²) in [5.74, 6) is -5.21. The number of piperidine rings is 1. The Morgan fingerprint density at radius 3 is 1.72 bits per heavy atom. The summed E-state index contributed by atoms with van der Waals surface area (Å²) in [6, 6.07) is 10.5. The van der Waals surface area contributed by atoms with Crippen molar-refractivity contribution in [2.75, 3.05) is 0 Å². The molecule has 39 heavy (non-hydrogen) atoms. The number of carboxylic acids is 1. The maximum Gasteiger partial charge on any atom is 0.303 e. The van der Waals surface area contributed by atoms with Crippen LogP contribution < -0.4 is 11.1 Å². The molecule has 3 aliphatic rings. The number of carbonyl (C=O) groups is 8. The Hall–Kier alpha value is -5.20. The number of fused-ring (bicyclic) bond motifs is 2. The van der Waals surface area contributed by atoms with Gasteiger partial charge in [-0.1, -0.05) is 24.3 Å². The summed E-state index contributed by atoms with van der Waals surface area (Å²) in [6.07, 6.45) is -0.253. The highest BCUT2D eigenvalue weighted by Gasteiger charge is 2.44. The van der Waals surface area contributed by atoms with Crippen molar-refractivity contribution < 1.29 is 43.5 Å². The SMILES string of the molecule is NC(=O)[C@H](CCC(=O)O)N1C(=O)c2ccccc2C1=O.O=C1CCC(N2C(=O)c3ccccc3C2=O)C(=O)N1. The number of hydrogen-bond donors (Lipinski definition) is 3. The van der Waals surface area contributed by atoms with Gasteiger partial charge in [-0.3, -0.25) is 53.5 Å². The topological polar surface area (TPSA) is 201 Å². The first kappa shape index (κ1) is 26.9. The number of amides is 7. The molecule has 2 aromatic rings. The van der Waals surface area contributed by atoms with Crippen LogP contribution in [0.25, 0.3) is 0 Å². The first-order valence-corrected chi connectivity index (χ1v) is 11.8. The minimum absolute atomic E-state index is 0.129. The summed E-state index contributed by atoms with van der Waals surface area (Å²) in [7, 11) is 0. The van der Waals surface area contributed by atoms with Gasteiger partial charge < -0.3 is 10.8 Å². The number of aliphatic carboxylic acids is 1. The number of carbonyl (C=O) groups excluding carboxylic acids is 7. The molecule has 1 fully saturated rings. The molecule has 0 bridgehead atoms. The third-order valence-electron chi connectivity index (χ3n) is 6.44. The van der Waals surface area contributed by atoms with Gasteiger partial charge >= 0.3 is 5.97 Å². The minimum Gasteiger partial charge on any atom is -0.481 e. The molecule has 4 N–H and O–H groups in total. The Morgan fingerprint density at radius 1 is 0.846 bits per heavy atom. The summed E-state index contributed by atoms with van der Waals surface area (Å²) >= 11 is 0. The van der Waals surface area contributed by atoms with E-state index in [1.54, 1.807) is 36.4 Å². The van der Waals surface area contributed by atoms with Gasteiger partial charge in [-0.05, 0) is 37.1 Å². The third-order valence-corrected chi connectivity index (χ3v) is 6.44. The molecule has 3 heterocycles. The van der Waals surface area contributed by atoms with Crippen molar-refractivity contribution in [2.45, 2.75) is 37.8 Å². The van der Waals surface area contributed by atoms with E-state index in [2.05, 4.69) is 5.32 Å². The lowest BCUT2D eigenvalue weighted by molar-refractivity contribution is -0.138. The molecule has 1 saturated heterocycles. The first-order valence-electron chi connectivity index (χ1n) is 11.8. The Bertz CT molecular complexity index is 1380. The monoisotopic (exact) mass is 534 g/mol. The van der Waals surface area contributed by atoms with Gasteiger partial charge in [0.15, 0.2) is 0 Å². The predicted molar refractivity (Wildman–Crippen MR) is 130 cm³/mol. The number of rotatable bonds is 6. The third kappa shape index (κ3) is 5.01. The largest absolute Gasteiger partial charge is 0.481 e. The molecular formula is C26H22N4O9. The fraction of sp³-hybridized carbons (Fsp3) is 0.231. The number of nitrogens with two attached hydrogens (primary N) is 1. The Kier molecular flexibility index (Phi) is 7.33. The molecule has 5 rings (SSSR count). The zero-order valence-electron chi connectivity index (χ0n) is 20.3. The zero-order valence-corrected chi connectivity index (χ0v) is 20.3. The average molecular weight is 534 g/mol. The van der Waals surface area contributed by atoms with E-state index >= 15 is 0 Å². The van der Waals surface area contributed by atoms with E-state index in [4.69, 9.17) is 10.8 Å². The number of benzene rings is 2. The van der Waals surface area contributed by atoms with Crippen LogP contribution in [0.2, 0.25) is 0 Å². The second kappa shape index (κ2) is 10.7. The van der Waals surface area contributed by atoms with Crippen LogP contribution >= 0.6 is 0 Å². The molecule has 2 atom stereocenters. The molecule has 0 saturated carbocycles. The van der Waals surface area contributed by atoms with Gasteiger partial charge in [0.05, 0.1) is 22.3 Å². The molecular weight excluding hydrogens is 512 g/mol. The van der Waals surface area contributed by atoms with Crippen LogP contribution in [0.3, 0.4) is 0 Å². The van der Waals surface area contributed by atoms with Gasteiger partial charge in [0.25, 0.3) is 23.6 Å². The number of carboxylic acid groups (broad SMARTS) is 1. The molecule has 1 unspecified atom stereocenters. The molecule has 0 radical (unpaired) electrons. The molecule has 0 aliphatic carbocycles. The fourth-order valence-corrected chi connectivity index (χ4v) is 4.57. The van der Waals surface area contributed by atoms with Gasteiger partial charge in [0.1, 0.15) is 12.1 Å². The molecule has 7 amide bonds. The summed E-state index contributed by atoms with van der Waals surface area (Å²) < 4.78 is 0. The number of imide groups is 3. The van der Waals surface area contributed by atoms with Crippen molar-refractivity contribution >= 4 is 47.3 Å². The Labute approximate surface area is 220 Å².